The second-order valence-corrected chi connectivity index (χ2v) is 7.11. The van der Waals surface area contributed by atoms with Crippen LogP contribution in [0.2, 0.25) is 0 Å². The maximum absolute atomic E-state index is 5.46. The van der Waals surface area contributed by atoms with Crippen LogP contribution in [0.25, 0.3) is 0 Å². The van der Waals surface area contributed by atoms with E-state index in [-0.39, 0.29) is 24.0 Å². The molecule has 1 aliphatic heterocycles. The molecular formula is C23H33IN4O2. The first-order valence-corrected chi connectivity index (χ1v) is 10.2. The molecule has 0 aliphatic carbocycles. The molecule has 7 heteroatoms. The zero-order valence-corrected chi connectivity index (χ0v) is 20.2. The van der Waals surface area contributed by atoms with Crippen LogP contribution in [0.1, 0.15) is 16.7 Å². The van der Waals surface area contributed by atoms with E-state index in [2.05, 4.69) is 56.9 Å². The van der Waals surface area contributed by atoms with Gasteiger partial charge < -0.3 is 20.1 Å². The maximum Gasteiger partial charge on any atom is 0.191 e. The van der Waals surface area contributed by atoms with E-state index in [1.165, 1.54) is 16.7 Å². The molecule has 0 radical (unpaired) electrons. The molecule has 0 atom stereocenters. The summed E-state index contributed by atoms with van der Waals surface area (Å²) >= 11 is 0. The van der Waals surface area contributed by atoms with Gasteiger partial charge >= 0.3 is 0 Å². The van der Waals surface area contributed by atoms with E-state index in [9.17, 15) is 0 Å². The van der Waals surface area contributed by atoms with Crippen molar-refractivity contribution in [3.8, 4) is 5.75 Å². The number of hydrogen-bond donors (Lipinski definition) is 2. The van der Waals surface area contributed by atoms with Crippen LogP contribution in [0.4, 0.5) is 0 Å². The van der Waals surface area contributed by atoms with Crippen molar-refractivity contribution in [1.82, 2.24) is 15.5 Å². The Morgan fingerprint density at radius 3 is 2.40 bits per heavy atom. The Bertz CT molecular complexity index is 777. The number of benzene rings is 2. The molecule has 6 nitrogen and oxygen atoms in total. The molecule has 3 rings (SSSR count). The van der Waals surface area contributed by atoms with Crippen molar-refractivity contribution >= 4 is 29.9 Å². The molecule has 1 aliphatic rings. The third-order valence-corrected chi connectivity index (χ3v) is 5.15. The Morgan fingerprint density at radius 2 is 1.73 bits per heavy atom. The van der Waals surface area contributed by atoms with Crippen molar-refractivity contribution in [3.63, 3.8) is 0 Å². The normalized spacial score (nSPS) is 14.7. The zero-order chi connectivity index (χ0) is 20.3. The van der Waals surface area contributed by atoms with Crippen molar-refractivity contribution in [3.05, 3.63) is 65.2 Å². The largest absolute Gasteiger partial charge is 0.497 e. The van der Waals surface area contributed by atoms with Gasteiger partial charge in [-0.2, -0.15) is 0 Å². The fraction of sp³-hybridized carbons (Fsp3) is 0.435. The minimum atomic E-state index is 0. The Labute approximate surface area is 197 Å². The van der Waals surface area contributed by atoms with Gasteiger partial charge in [-0.05, 0) is 35.2 Å². The fourth-order valence-electron chi connectivity index (χ4n) is 3.40. The molecule has 1 heterocycles. The number of nitrogens with zero attached hydrogens (tertiary/aromatic N) is 2. The van der Waals surface area contributed by atoms with Crippen molar-refractivity contribution < 1.29 is 9.47 Å². The Balaban J connectivity index is 0.00000320. The van der Waals surface area contributed by atoms with E-state index in [1.54, 1.807) is 7.11 Å². The van der Waals surface area contributed by atoms with Gasteiger partial charge in [-0.15, -0.1) is 24.0 Å². The van der Waals surface area contributed by atoms with E-state index in [0.29, 0.717) is 0 Å². The third-order valence-electron chi connectivity index (χ3n) is 5.15. The summed E-state index contributed by atoms with van der Waals surface area (Å²) in [5.41, 5.74) is 3.93. The molecular weight excluding hydrogens is 491 g/mol. The first-order valence-electron chi connectivity index (χ1n) is 10.2. The van der Waals surface area contributed by atoms with Crippen LogP contribution in [-0.4, -0.2) is 57.9 Å². The molecule has 2 aromatic rings. The van der Waals surface area contributed by atoms with Gasteiger partial charge in [0.1, 0.15) is 5.75 Å². The summed E-state index contributed by atoms with van der Waals surface area (Å²) in [7, 11) is 3.49. The standard InChI is InChI=1S/C23H32N4O2.HI/c1-24-23(25-12-11-19-7-9-22(28-2)10-8-19)26-17-20-5-3-4-6-21(20)18-27-13-15-29-16-14-27;/h3-10H,11-18H2,1-2H3,(H2,24,25,26);1H. The third kappa shape index (κ3) is 7.77. The molecule has 0 unspecified atom stereocenters. The second kappa shape index (κ2) is 13.5. The molecule has 1 saturated heterocycles. The number of rotatable bonds is 8. The lowest BCUT2D eigenvalue weighted by molar-refractivity contribution is 0.0341. The summed E-state index contributed by atoms with van der Waals surface area (Å²) in [6.07, 6.45) is 0.929. The summed E-state index contributed by atoms with van der Waals surface area (Å²) in [6, 6.07) is 16.8. The van der Waals surface area contributed by atoms with Crippen molar-refractivity contribution in [2.75, 3.05) is 47.0 Å². The van der Waals surface area contributed by atoms with Gasteiger partial charge in [-0.1, -0.05) is 36.4 Å². The van der Waals surface area contributed by atoms with E-state index in [1.807, 2.05) is 19.2 Å². The van der Waals surface area contributed by atoms with Gasteiger partial charge in [-0.3, -0.25) is 9.89 Å². The van der Waals surface area contributed by atoms with Crippen LogP contribution in [0, 0.1) is 0 Å². The van der Waals surface area contributed by atoms with Gasteiger partial charge in [0.25, 0.3) is 0 Å². The highest BCUT2D eigenvalue weighted by Crippen LogP contribution is 2.13. The molecule has 164 valence electrons. The molecule has 2 aromatic carbocycles. The quantitative estimate of drug-likeness (QED) is 0.316. The second-order valence-electron chi connectivity index (χ2n) is 7.11. The minimum absolute atomic E-state index is 0. The molecule has 0 amide bonds. The molecule has 0 spiro atoms. The average Bonchev–Trinajstić information content (AvgIpc) is 2.78. The van der Waals surface area contributed by atoms with Crippen LogP contribution in [0.5, 0.6) is 5.75 Å². The monoisotopic (exact) mass is 524 g/mol. The predicted molar refractivity (Wildman–Crippen MR) is 133 cm³/mol. The zero-order valence-electron chi connectivity index (χ0n) is 17.9. The lowest BCUT2D eigenvalue weighted by Gasteiger charge is -2.27. The number of aliphatic imine (C=N–C) groups is 1. The fourth-order valence-corrected chi connectivity index (χ4v) is 3.40. The number of hydrogen-bond acceptors (Lipinski definition) is 4. The summed E-state index contributed by atoms with van der Waals surface area (Å²) in [6.45, 7) is 6.18. The Hall–Kier alpha value is -1.84. The van der Waals surface area contributed by atoms with Crippen molar-refractivity contribution in [2.45, 2.75) is 19.5 Å². The topological polar surface area (TPSA) is 58.1 Å². The lowest BCUT2D eigenvalue weighted by atomic mass is 10.1. The molecule has 2 N–H and O–H groups in total. The lowest BCUT2D eigenvalue weighted by Crippen LogP contribution is -2.38. The van der Waals surface area contributed by atoms with E-state index >= 15 is 0 Å². The molecule has 1 fully saturated rings. The number of methoxy groups -OCH3 is 1. The summed E-state index contributed by atoms with van der Waals surface area (Å²) in [4.78, 5) is 6.80. The number of halogens is 1. The van der Waals surface area contributed by atoms with Crippen LogP contribution in [0.15, 0.2) is 53.5 Å². The van der Waals surface area contributed by atoms with Gasteiger partial charge in [-0.25, -0.2) is 0 Å². The van der Waals surface area contributed by atoms with Gasteiger partial charge in [0.15, 0.2) is 5.96 Å². The Kier molecular flexibility index (Phi) is 11.0. The van der Waals surface area contributed by atoms with Crippen LogP contribution in [-0.2, 0) is 24.2 Å². The predicted octanol–water partition coefficient (Wildman–Crippen LogP) is 3.05. The number of ether oxygens (including phenoxy) is 2. The van der Waals surface area contributed by atoms with Crippen molar-refractivity contribution in [2.24, 2.45) is 4.99 Å². The highest BCUT2D eigenvalue weighted by molar-refractivity contribution is 14.0. The summed E-state index contributed by atoms with van der Waals surface area (Å²) in [5.74, 6) is 1.70. The van der Waals surface area contributed by atoms with Crippen LogP contribution < -0.4 is 15.4 Å². The van der Waals surface area contributed by atoms with Gasteiger partial charge in [0.2, 0.25) is 0 Å². The molecule has 0 saturated carbocycles. The first-order chi connectivity index (χ1) is 14.3. The maximum atomic E-state index is 5.46. The number of nitrogens with one attached hydrogen (secondary N) is 2. The number of guanidine groups is 1. The first kappa shape index (κ1) is 24.4. The minimum Gasteiger partial charge on any atom is -0.497 e. The average molecular weight is 524 g/mol. The number of morpholine rings is 1. The van der Waals surface area contributed by atoms with Crippen LogP contribution >= 0.6 is 24.0 Å². The van der Waals surface area contributed by atoms with E-state index in [0.717, 1.165) is 64.1 Å². The highest BCUT2D eigenvalue weighted by Gasteiger charge is 2.12. The molecule has 0 aromatic heterocycles. The van der Waals surface area contributed by atoms with E-state index < -0.39 is 0 Å². The molecule has 30 heavy (non-hydrogen) atoms. The summed E-state index contributed by atoms with van der Waals surface area (Å²) in [5, 5.41) is 6.84. The molecule has 0 bridgehead atoms. The smallest absolute Gasteiger partial charge is 0.191 e. The van der Waals surface area contributed by atoms with E-state index in [4.69, 9.17) is 9.47 Å². The SMILES string of the molecule is CN=C(NCCc1ccc(OC)cc1)NCc1ccccc1CN1CCOCC1.I. The summed E-state index contributed by atoms with van der Waals surface area (Å²) < 4.78 is 10.7. The van der Waals surface area contributed by atoms with Gasteiger partial charge in [0, 0.05) is 39.8 Å². The van der Waals surface area contributed by atoms with Gasteiger partial charge in [0.05, 0.1) is 20.3 Å². The Morgan fingerprint density at radius 1 is 1.03 bits per heavy atom. The van der Waals surface area contributed by atoms with Crippen LogP contribution in [0.3, 0.4) is 0 Å². The highest BCUT2D eigenvalue weighted by atomic mass is 127. The van der Waals surface area contributed by atoms with Crippen molar-refractivity contribution in [1.29, 1.82) is 0 Å².